The SMILES string of the molecule is O=C(OCc1ccccc1)N1CCn2nc(-c3ccc(F)cn3)c(Br)c2C1. The molecule has 138 valence electrons. The molecule has 3 aromatic rings. The van der Waals surface area contributed by atoms with Gasteiger partial charge in [-0.3, -0.25) is 9.67 Å². The molecule has 6 nitrogen and oxygen atoms in total. The van der Waals surface area contributed by atoms with Gasteiger partial charge < -0.3 is 9.64 Å². The highest BCUT2D eigenvalue weighted by atomic mass is 79.9. The Hall–Kier alpha value is -2.74. The summed E-state index contributed by atoms with van der Waals surface area (Å²) < 4.78 is 21.1. The zero-order valence-corrected chi connectivity index (χ0v) is 15.9. The predicted octanol–water partition coefficient (Wildman–Crippen LogP) is 4.00. The van der Waals surface area contributed by atoms with Crippen LogP contribution in [-0.2, 0) is 24.4 Å². The molecule has 2 aromatic heterocycles. The standard InChI is InChI=1S/C19H16BrFN4O2/c20-17-16-11-24(19(26)27-12-13-4-2-1-3-5-13)8-9-25(16)23-18(17)15-7-6-14(21)10-22-15/h1-7,10H,8-9,11-12H2. The van der Waals surface area contributed by atoms with Crippen molar-refractivity contribution < 1.29 is 13.9 Å². The van der Waals surface area contributed by atoms with Crippen molar-refractivity contribution in [2.75, 3.05) is 6.54 Å². The number of carbonyl (C=O) groups excluding carboxylic acids is 1. The van der Waals surface area contributed by atoms with Crippen LogP contribution in [0.15, 0.2) is 53.1 Å². The van der Waals surface area contributed by atoms with Gasteiger partial charge in [0.25, 0.3) is 0 Å². The number of halogens is 2. The van der Waals surface area contributed by atoms with E-state index in [0.29, 0.717) is 31.0 Å². The molecule has 0 aliphatic carbocycles. The van der Waals surface area contributed by atoms with Gasteiger partial charge in [-0.15, -0.1) is 0 Å². The first-order chi connectivity index (χ1) is 13.1. The van der Waals surface area contributed by atoms with Crippen molar-refractivity contribution in [2.45, 2.75) is 19.7 Å². The van der Waals surface area contributed by atoms with E-state index in [9.17, 15) is 9.18 Å². The van der Waals surface area contributed by atoms with Crippen LogP contribution in [0.25, 0.3) is 11.4 Å². The second kappa shape index (κ2) is 7.48. The fourth-order valence-corrected chi connectivity index (χ4v) is 3.54. The highest BCUT2D eigenvalue weighted by Crippen LogP contribution is 2.32. The summed E-state index contributed by atoms with van der Waals surface area (Å²) in [4.78, 5) is 18.1. The smallest absolute Gasteiger partial charge is 0.410 e. The molecule has 0 radical (unpaired) electrons. The van der Waals surface area contributed by atoms with Crippen LogP contribution in [0.1, 0.15) is 11.3 Å². The van der Waals surface area contributed by atoms with Gasteiger partial charge in [0.15, 0.2) is 0 Å². The number of rotatable bonds is 3. The van der Waals surface area contributed by atoms with Crippen LogP contribution in [0.5, 0.6) is 0 Å². The number of aromatic nitrogens is 3. The number of nitrogens with zero attached hydrogens (tertiary/aromatic N) is 4. The van der Waals surface area contributed by atoms with Gasteiger partial charge in [-0.25, -0.2) is 9.18 Å². The van der Waals surface area contributed by atoms with Gasteiger partial charge in [-0.2, -0.15) is 5.10 Å². The molecule has 0 unspecified atom stereocenters. The summed E-state index contributed by atoms with van der Waals surface area (Å²) in [6.07, 6.45) is 0.799. The molecule has 0 atom stereocenters. The molecule has 0 fully saturated rings. The second-order valence-corrected chi connectivity index (χ2v) is 6.95. The molecule has 8 heteroatoms. The molecule has 1 aromatic carbocycles. The largest absolute Gasteiger partial charge is 0.445 e. The van der Waals surface area contributed by atoms with Crippen LogP contribution in [0, 0.1) is 5.82 Å². The van der Waals surface area contributed by atoms with Gasteiger partial charge in [-0.1, -0.05) is 30.3 Å². The summed E-state index contributed by atoms with van der Waals surface area (Å²) in [6, 6.07) is 12.5. The number of carbonyl (C=O) groups is 1. The Morgan fingerprint density at radius 3 is 2.74 bits per heavy atom. The molecule has 0 saturated heterocycles. The van der Waals surface area contributed by atoms with Gasteiger partial charge in [0.2, 0.25) is 0 Å². The Labute approximate surface area is 163 Å². The van der Waals surface area contributed by atoms with Crippen LogP contribution in [0.4, 0.5) is 9.18 Å². The Morgan fingerprint density at radius 1 is 1.19 bits per heavy atom. The maximum Gasteiger partial charge on any atom is 0.410 e. The van der Waals surface area contributed by atoms with Crippen LogP contribution >= 0.6 is 15.9 Å². The van der Waals surface area contributed by atoms with Crippen molar-refractivity contribution in [1.82, 2.24) is 19.7 Å². The van der Waals surface area contributed by atoms with Crippen molar-refractivity contribution in [3.8, 4) is 11.4 Å². The molecule has 1 amide bonds. The average molecular weight is 431 g/mol. The lowest BCUT2D eigenvalue weighted by molar-refractivity contribution is 0.0857. The number of ether oxygens (including phenoxy) is 1. The molecule has 3 heterocycles. The maximum atomic E-state index is 13.1. The highest BCUT2D eigenvalue weighted by molar-refractivity contribution is 9.10. The van der Waals surface area contributed by atoms with E-state index < -0.39 is 5.82 Å². The van der Waals surface area contributed by atoms with Crippen molar-refractivity contribution in [2.24, 2.45) is 0 Å². The average Bonchev–Trinajstić information content (AvgIpc) is 3.03. The third kappa shape index (κ3) is 3.71. The van der Waals surface area contributed by atoms with Gasteiger partial charge in [0.05, 0.1) is 35.1 Å². The molecular formula is C19H16BrFN4O2. The normalized spacial score (nSPS) is 13.3. The Bertz CT molecular complexity index is 960. The summed E-state index contributed by atoms with van der Waals surface area (Å²) >= 11 is 3.55. The van der Waals surface area contributed by atoms with E-state index in [1.165, 1.54) is 6.07 Å². The van der Waals surface area contributed by atoms with Crippen LogP contribution < -0.4 is 0 Å². The number of hydrogen-bond acceptors (Lipinski definition) is 4. The quantitative estimate of drug-likeness (QED) is 0.629. The Balaban J connectivity index is 1.48. The monoisotopic (exact) mass is 430 g/mol. The molecule has 27 heavy (non-hydrogen) atoms. The molecule has 1 aliphatic heterocycles. The maximum absolute atomic E-state index is 13.1. The minimum absolute atomic E-state index is 0.237. The number of amides is 1. The van der Waals surface area contributed by atoms with Gasteiger partial charge in [0, 0.05) is 6.54 Å². The molecular weight excluding hydrogens is 415 g/mol. The first-order valence-electron chi connectivity index (χ1n) is 8.44. The summed E-state index contributed by atoms with van der Waals surface area (Å²) in [5.74, 6) is -0.397. The van der Waals surface area contributed by atoms with E-state index in [-0.39, 0.29) is 12.7 Å². The summed E-state index contributed by atoms with van der Waals surface area (Å²) in [6.45, 7) is 1.67. The topological polar surface area (TPSA) is 60.2 Å². The molecule has 4 rings (SSSR count). The first kappa shape index (κ1) is 17.7. The minimum Gasteiger partial charge on any atom is -0.445 e. The number of fused-ring (bicyclic) bond motifs is 1. The minimum atomic E-state index is -0.397. The molecule has 0 saturated carbocycles. The number of hydrogen-bond donors (Lipinski definition) is 0. The zero-order valence-electron chi connectivity index (χ0n) is 14.3. The molecule has 0 spiro atoms. The molecule has 0 bridgehead atoms. The van der Waals surface area contributed by atoms with Crippen molar-refractivity contribution in [3.05, 3.63) is 70.2 Å². The van der Waals surface area contributed by atoms with E-state index in [1.54, 1.807) is 11.0 Å². The summed E-state index contributed by atoms with van der Waals surface area (Å²) in [5, 5.41) is 4.54. The van der Waals surface area contributed by atoms with Gasteiger partial charge in [0.1, 0.15) is 18.1 Å². The Kier molecular flexibility index (Phi) is 4.89. The lowest BCUT2D eigenvalue weighted by Gasteiger charge is -2.27. The van der Waals surface area contributed by atoms with Crippen LogP contribution in [0.3, 0.4) is 0 Å². The van der Waals surface area contributed by atoms with E-state index in [4.69, 9.17) is 4.74 Å². The van der Waals surface area contributed by atoms with Gasteiger partial charge >= 0.3 is 6.09 Å². The predicted molar refractivity (Wildman–Crippen MR) is 100 cm³/mol. The summed E-state index contributed by atoms with van der Waals surface area (Å²) in [7, 11) is 0. The number of pyridine rings is 1. The van der Waals surface area contributed by atoms with Crippen LogP contribution in [-0.4, -0.2) is 32.3 Å². The third-order valence-corrected chi connectivity index (χ3v) is 5.18. The lowest BCUT2D eigenvalue weighted by Crippen LogP contribution is -2.38. The lowest BCUT2D eigenvalue weighted by atomic mass is 10.2. The summed E-state index contributed by atoms with van der Waals surface area (Å²) in [5.41, 5.74) is 3.01. The van der Waals surface area contributed by atoms with Crippen molar-refractivity contribution in [3.63, 3.8) is 0 Å². The van der Waals surface area contributed by atoms with Gasteiger partial charge in [-0.05, 0) is 33.6 Å². The number of benzene rings is 1. The van der Waals surface area contributed by atoms with E-state index in [2.05, 4.69) is 26.0 Å². The highest BCUT2D eigenvalue weighted by Gasteiger charge is 2.27. The zero-order chi connectivity index (χ0) is 18.8. The van der Waals surface area contributed by atoms with Crippen LogP contribution in [0.2, 0.25) is 0 Å². The second-order valence-electron chi connectivity index (χ2n) is 6.16. The third-order valence-electron chi connectivity index (χ3n) is 4.35. The van der Waals surface area contributed by atoms with Crippen molar-refractivity contribution in [1.29, 1.82) is 0 Å². The van der Waals surface area contributed by atoms with E-state index in [0.717, 1.165) is 21.9 Å². The van der Waals surface area contributed by atoms with E-state index in [1.807, 2.05) is 35.0 Å². The molecule has 1 aliphatic rings. The fourth-order valence-electron chi connectivity index (χ4n) is 2.93. The Morgan fingerprint density at radius 2 is 2.00 bits per heavy atom. The fraction of sp³-hybridized carbons (Fsp3) is 0.211. The van der Waals surface area contributed by atoms with Crippen molar-refractivity contribution >= 4 is 22.0 Å². The molecule has 0 N–H and O–H groups in total. The first-order valence-corrected chi connectivity index (χ1v) is 9.24. The van der Waals surface area contributed by atoms with E-state index >= 15 is 0 Å².